The minimum Gasteiger partial charge on any atom is -0.471 e. The average Bonchev–Trinajstić information content (AvgIpc) is 3.12. The topological polar surface area (TPSA) is 13.1 Å². The largest absolute Gasteiger partial charge is 0.471 e. The molecule has 0 N–H and O–H groups in total. The Morgan fingerprint density at radius 1 is 0.750 bits per heavy atom. The van der Waals surface area contributed by atoms with Crippen molar-refractivity contribution in [3.8, 4) is 0 Å². The molecular formula is C22H20OS. The fourth-order valence-electron chi connectivity index (χ4n) is 3.60. The molecule has 120 valence electrons. The van der Waals surface area contributed by atoms with Crippen molar-refractivity contribution in [2.75, 3.05) is 0 Å². The van der Waals surface area contributed by atoms with E-state index in [1.54, 1.807) is 29.7 Å². The number of aryl methyl sites for hydroxylation is 2. The molecule has 0 atom stereocenters. The molecule has 0 radical (unpaired) electrons. The first-order chi connectivity index (χ1) is 11.8. The van der Waals surface area contributed by atoms with Crippen LogP contribution in [0, 0.1) is 0 Å². The highest BCUT2D eigenvalue weighted by Crippen LogP contribution is 2.33. The van der Waals surface area contributed by atoms with Crippen LogP contribution in [0.4, 0.5) is 0 Å². The Bertz CT molecular complexity index is 970. The number of rotatable bonds is 0. The van der Waals surface area contributed by atoms with Crippen molar-refractivity contribution in [1.29, 1.82) is 0 Å². The second kappa shape index (κ2) is 6.74. The number of fused-ring (bicyclic) bond motifs is 5. The van der Waals surface area contributed by atoms with Gasteiger partial charge in [-0.15, -0.1) is 12.6 Å². The van der Waals surface area contributed by atoms with Crippen LogP contribution in [-0.2, 0) is 12.8 Å². The zero-order chi connectivity index (χ0) is 16.4. The summed E-state index contributed by atoms with van der Waals surface area (Å²) in [6.45, 7) is 0. The lowest BCUT2D eigenvalue weighted by Crippen LogP contribution is -2.02. The minimum absolute atomic E-state index is 0.870. The molecule has 4 aromatic rings. The zero-order valence-corrected chi connectivity index (χ0v) is 14.4. The SMILES string of the molecule is Sc1ccoc1.c1ccc2c(c1)ccc1c3c(ccc12)CCCC3. The van der Waals surface area contributed by atoms with Gasteiger partial charge in [0.25, 0.3) is 0 Å². The van der Waals surface area contributed by atoms with Crippen LogP contribution in [0.3, 0.4) is 0 Å². The molecule has 1 aliphatic carbocycles. The number of thiol groups is 1. The van der Waals surface area contributed by atoms with Gasteiger partial charge in [0, 0.05) is 4.90 Å². The van der Waals surface area contributed by atoms with Crippen molar-refractivity contribution >= 4 is 34.2 Å². The van der Waals surface area contributed by atoms with Gasteiger partial charge >= 0.3 is 0 Å². The molecular weight excluding hydrogens is 312 g/mol. The molecule has 0 saturated heterocycles. The van der Waals surface area contributed by atoms with Gasteiger partial charge in [-0.1, -0.05) is 48.5 Å². The first-order valence-electron chi connectivity index (χ1n) is 8.46. The van der Waals surface area contributed by atoms with Gasteiger partial charge in [-0.2, -0.15) is 0 Å². The summed E-state index contributed by atoms with van der Waals surface area (Å²) in [5.74, 6) is 0. The monoisotopic (exact) mass is 332 g/mol. The summed E-state index contributed by atoms with van der Waals surface area (Å²) in [7, 11) is 0. The number of hydrogen-bond acceptors (Lipinski definition) is 2. The predicted octanol–water partition coefficient (Wildman–Crippen LogP) is 6.44. The quantitative estimate of drug-likeness (QED) is 0.289. The summed E-state index contributed by atoms with van der Waals surface area (Å²) in [4.78, 5) is 0.870. The third kappa shape index (κ3) is 2.94. The maximum Gasteiger partial charge on any atom is 0.104 e. The molecule has 24 heavy (non-hydrogen) atoms. The van der Waals surface area contributed by atoms with Crippen LogP contribution >= 0.6 is 12.6 Å². The van der Waals surface area contributed by atoms with E-state index >= 15 is 0 Å². The Kier molecular flexibility index (Phi) is 4.31. The van der Waals surface area contributed by atoms with E-state index in [1.165, 1.54) is 47.2 Å². The summed E-state index contributed by atoms with van der Waals surface area (Å²) >= 11 is 3.94. The summed E-state index contributed by atoms with van der Waals surface area (Å²) in [6, 6.07) is 19.7. The summed E-state index contributed by atoms with van der Waals surface area (Å²) in [5.41, 5.74) is 3.17. The first-order valence-corrected chi connectivity index (χ1v) is 8.91. The second-order valence-electron chi connectivity index (χ2n) is 6.27. The molecule has 0 unspecified atom stereocenters. The van der Waals surface area contributed by atoms with Crippen LogP contribution in [0.25, 0.3) is 21.5 Å². The van der Waals surface area contributed by atoms with Crippen LogP contribution in [0.5, 0.6) is 0 Å². The Hall–Kier alpha value is -2.19. The van der Waals surface area contributed by atoms with Gasteiger partial charge in [0.1, 0.15) is 6.26 Å². The van der Waals surface area contributed by atoms with Gasteiger partial charge in [0.05, 0.1) is 6.26 Å². The highest BCUT2D eigenvalue weighted by Gasteiger charge is 2.13. The van der Waals surface area contributed by atoms with Crippen LogP contribution in [0.2, 0.25) is 0 Å². The lowest BCUT2D eigenvalue weighted by Gasteiger charge is -2.18. The number of benzene rings is 3. The van der Waals surface area contributed by atoms with Crippen LogP contribution in [0.1, 0.15) is 24.0 Å². The van der Waals surface area contributed by atoms with Crippen molar-refractivity contribution in [3.05, 3.63) is 78.3 Å². The van der Waals surface area contributed by atoms with Gasteiger partial charge in [-0.25, -0.2) is 0 Å². The highest BCUT2D eigenvalue weighted by atomic mass is 32.1. The summed E-state index contributed by atoms with van der Waals surface area (Å²) in [5, 5.41) is 5.64. The molecule has 0 saturated carbocycles. The van der Waals surface area contributed by atoms with Crippen molar-refractivity contribution < 1.29 is 4.42 Å². The van der Waals surface area contributed by atoms with Gasteiger partial charge in [-0.3, -0.25) is 0 Å². The van der Waals surface area contributed by atoms with Gasteiger partial charge in [0.15, 0.2) is 0 Å². The minimum atomic E-state index is 0.870. The van der Waals surface area contributed by atoms with E-state index in [-0.39, 0.29) is 0 Å². The maximum absolute atomic E-state index is 4.64. The Balaban J connectivity index is 0.000000207. The van der Waals surface area contributed by atoms with E-state index in [9.17, 15) is 0 Å². The standard InChI is InChI=1S/C18H16.C4H4OS/c1-3-7-15-13(5-1)9-11-18-16-8-4-2-6-14(16)10-12-17(15)18;6-4-1-2-5-3-4/h1,3,5,7,9-12H,2,4,6,8H2;1-3,6H. The number of hydrogen-bond donors (Lipinski definition) is 1. The molecule has 0 bridgehead atoms. The van der Waals surface area contributed by atoms with E-state index in [4.69, 9.17) is 0 Å². The third-order valence-electron chi connectivity index (χ3n) is 4.76. The third-order valence-corrected chi connectivity index (χ3v) is 5.02. The first kappa shape index (κ1) is 15.3. The molecule has 2 heteroatoms. The van der Waals surface area contributed by atoms with E-state index < -0.39 is 0 Å². The van der Waals surface area contributed by atoms with Crippen molar-refractivity contribution in [2.24, 2.45) is 0 Å². The van der Waals surface area contributed by atoms with E-state index in [2.05, 4.69) is 65.6 Å². The van der Waals surface area contributed by atoms with Crippen molar-refractivity contribution in [1.82, 2.24) is 0 Å². The van der Waals surface area contributed by atoms with Gasteiger partial charge < -0.3 is 4.42 Å². The smallest absolute Gasteiger partial charge is 0.104 e. The number of furan rings is 1. The highest BCUT2D eigenvalue weighted by molar-refractivity contribution is 7.80. The molecule has 1 nitrogen and oxygen atoms in total. The second-order valence-corrected chi connectivity index (χ2v) is 6.79. The Morgan fingerprint density at radius 2 is 1.58 bits per heavy atom. The lowest BCUT2D eigenvalue weighted by atomic mass is 9.86. The molecule has 0 aliphatic heterocycles. The molecule has 1 aromatic heterocycles. The molecule has 1 aliphatic rings. The summed E-state index contributed by atoms with van der Waals surface area (Å²) in [6.07, 6.45) is 8.37. The predicted molar refractivity (Wildman–Crippen MR) is 104 cm³/mol. The van der Waals surface area contributed by atoms with Crippen LogP contribution in [-0.4, -0.2) is 0 Å². The fourth-order valence-corrected chi connectivity index (χ4v) is 3.72. The maximum atomic E-state index is 4.64. The van der Waals surface area contributed by atoms with E-state index in [0.29, 0.717) is 0 Å². The zero-order valence-electron chi connectivity index (χ0n) is 13.5. The molecule has 0 spiro atoms. The fraction of sp³-hybridized carbons (Fsp3) is 0.182. The Labute approximate surface area is 147 Å². The van der Waals surface area contributed by atoms with Gasteiger partial charge in [-0.05, 0) is 64.4 Å². The molecule has 3 aromatic carbocycles. The molecule has 0 fully saturated rings. The van der Waals surface area contributed by atoms with Crippen LogP contribution < -0.4 is 0 Å². The average molecular weight is 332 g/mol. The van der Waals surface area contributed by atoms with Gasteiger partial charge in [0.2, 0.25) is 0 Å². The summed E-state index contributed by atoms with van der Waals surface area (Å²) < 4.78 is 4.64. The normalized spacial score (nSPS) is 13.4. The van der Waals surface area contributed by atoms with Crippen LogP contribution in [0.15, 0.2) is 76.4 Å². The van der Waals surface area contributed by atoms with Crippen molar-refractivity contribution in [2.45, 2.75) is 30.6 Å². The van der Waals surface area contributed by atoms with E-state index in [1.807, 2.05) is 0 Å². The molecule has 0 amide bonds. The van der Waals surface area contributed by atoms with Crippen molar-refractivity contribution in [3.63, 3.8) is 0 Å². The molecule has 1 heterocycles. The Morgan fingerprint density at radius 3 is 2.38 bits per heavy atom. The lowest BCUT2D eigenvalue weighted by molar-refractivity contribution is 0.562. The van der Waals surface area contributed by atoms with E-state index in [0.717, 1.165) is 4.90 Å². The molecule has 5 rings (SSSR count).